The molecule has 0 bridgehead atoms. The minimum absolute atomic E-state index is 0.105. The van der Waals surface area contributed by atoms with Crippen LogP contribution in [0, 0.1) is 5.92 Å². The first kappa shape index (κ1) is 11.1. The molecule has 0 aromatic carbocycles. The van der Waals surface area contributed by atoms with Gasteiger partial charge in [0.25, 0.3) is 0 Å². The fourth-order valence-electron chi connectivity index (χ4n) is 0.978. The number of hydrogen-bond acceptors (Lipinski definition) is 2. The van der Waals surface area contributed by atoms with E-state index < -0.39 is 11.3 Å². The van der Waals surface area contributed by atoms with Crippen LogP contribution in [0.5, 0.6) is 0 Å². The minimum atomic E-state index is -2.07. The van der Waals surface area contributed by atoms with Crippen LogP contribution < -0.4 is 0 Å². The Morgan fingerprint density at radius 2 is 1.91 bits per heavy atom. The van der Waals surface area contributed by atoms with E-state index >= 15 is 0 Å². The topological polar surface area (TPSA) is 43.4 Å². The van der Waals surface area contributed by atoms with Gasteiger partial charge < -0.3 is 4.55 Å². The molecule has 0 rings (SSSR count). The summed E-state index contributed by atoms with van der Waals surface area (Å²) >= 11 is -2.07. The van der Waals surface area contributed by atoms with Gasteiger partial charge in [0.2, 0.25) is 0 Å². The van der Waals surface area contributed by atoms with Gasteiger partial charge in [-0.1, -0.05) is 13.8 Å². The van der Waals surface area contributed by atoms with Gasteiger partial charge in [-0.25, -0.2) is 4.31 Å². The Morgan fingerprint density at radius 3 is 2.18 bits per heavy atom. The summed E-state index contributed by atoms with van der Waals surface area (Å²) in [6.07, 6.45) is 0.907. The molecule has 0 aliphatic heterocycles. The second kappa shape index (κ2) is 4.85. The van der Waals surface area contributed by atoms with Crippen LogP contribution in [0.15, 0.2) is 0 Å². The summed E-state index contributed by atoms with van der Waals surface area (Å²) in [6, 6.07) is 0.105. The van der Waals surface area contributed by atoms with Crippen molar-refractivity contribution >= 4 is 11.3 Å². The molecule has 4 heteroatoms. The van der Waals surface area contributed by atoms with Crippen LogP contribution in [0.25, 0.3) is 0 Å². The van der Waals surface area contributed by atoms with Gasteiger partial charge in [0.1, 0.15) is 0 Å². The van der Waals surface area contributed by atoms with Crippen LogP contribution in [0.2, 0.25) is 0 Å². The smallest absolute Gasteiger partial charge is 0.0209 e. The highest BCUT2D eigenvalue weighted by Crippen LogP contribution is 2.09. The molecule has 0 aromatic heterocycles. The lowest BCUT2D eigenvalue weighted by atomic mass is 10.1. The van der Waals surface area contributed by atoms with Crippen molar-refractivity contribution in [3.63, 3.8) is 0 Å². The van der Waals surface area contributed by atoms with Crippen LogP contribution in [0.3, 0.4) is 0 Å². The van der Waals surface area contributed by atoms with Crippen LogP contribution in [-0.2, 0) is 11.3 Å². The Morgan fingerprint density at radius 1 is 1.45 bits per heavy atom. The van der Waals surface area contributed by atoms with E-state index in [4.69, 9.17) is 0 Å². The highest BCUT2D eigenvalue weighted by molar-refractivity contribution is 7.76. The van der Waals surface area contributed by atoms with Gasteiger partial charge in [0.05, 0.1) is 0 Å². The van der Waals surface area contributed by atoms with Gasteiger partial charge in [-0.2, -0.15) is 0 Å². The zero-order chi connectivity index (χ0) is 9.02. The summed E-state index contributed by atoms with van der Waals surface area (Å²) in [6.45, 7) is 6.08. The standard InChI is InChI=1S/C7H17NO2S/c1-6(2)5-7(3)8(4)11(9)10/h6-7H,5H2,1-4H3,(H,9,10)/p-1. The number of rotatable bonds is 4. The van der Waals surface area contributed by atoms with E-state index in [0.29, 0.717) is 5.92 Å². The van der Waals surface area contributed by atoms with Crippen molar-refractivity contribution in [2.45, 2.75) is 33.2 Å². The summed E-state index contributed by atoms with van der Waals surface area (Å²) in [5, 5.41) is 0. The van der Waals surface area contributed by atoms with Gasteiger partial charge in [-0.15, -0.1) is 0 Å². The van der Waals surface area contributed by atoms with E-state index in [9.17, 15) is 8.76 Å². The van der Waals surface area contributed by atoms with Crippen LogP contribution in [0.1, 0.15) is 27.2 Å². The van der Waals surface area contributed by atoms with Crippen molar-refractivity contribution in [1.82, 2.24) is 4.31 Å². The van der Waals surface area contributed by atoms with Gasteiger partial charge in [0.15, 0.2) is 0 Å². The van der Waals surface area contributed by atoms with E-state index in [-0.39, 0.29) is 6.04 Å². The molecule has 2 atom stereocenters. The van der Waals surface area contributed by atoms with E-state index in [2.05, 4.69) is 13.8 Å². The maximum atomic E-state index is 10.4. The third-order valence-corrected chi connectivity index (χ3v) is 2.50. The molecule has 0 aliphatic carbocycles. The summed E-state index contributed by atoms with van der Waals surface area (Å²) in [7, 11) is 1.59. The molecule has 0 N–H and O–H groups in total. The summed E-state index contributed by atoms with van der Waals surface area (Å²) in [4.78, 5) is 0. The van der Waals surface area contributed by atoms with E-state index in [1.807, 2.05) is 6.92 Å². The molecule has 0 radical (unpaired) electrons. The first-order valence-corrected chi connectivity index (χ1v) is 4.80. The molecular formula is C7H16NO2S-. The maximum Gasteiger partial charge on any atom is 0.0209 e. The molecule has 0 spiro atoms. The number of nitrogens with zero attached hydrogens (tertiary/aromatic N) is 1. The summed E-state index contributed by atoms with van der Waals surface area (Å²) < 4.78 is 22.2. The minimum Gasteiger partial charge on any atom is -0.760 e. The van der Waals surface area contributed by atoms with E-state index in [1.54, 1.807) is 7.05 Å². The van der Waals surface area contributed by atoms with Crippen molar-refractivity contribution in [2.24, 2.45) is 5.92 Å². The van der Waals surface area contributed by atoms with Gasteiger partial charge in [0, 0.05) is 17.3 Å². The van der Waals surface area contributed by atoms with Crippen LogP contribution >= 0.6 is 0 Å². The molecule has 11 heavy (non-hydrogen) atoms. The Kier molecular flexibility index (Phi) is 4.88. The normalized spacial score (nSPS) is 17.4. The van der Waals surface area contributed by atoms with E-state index in [1.165, 1.54) is 4.31 Å². The Labute approximate surface area is 71.2 Å². The van der Waals surface area contributed by atoms with Crippen molar-refractivity contribution in [2.75, 3.05) is 7.05 Å². The first-order valence-electron chi connectivity index (χ1n) is 3.77. The fraction of sp³-hybridized carbons (Fsp3) is 1.00. The zero-order valence-electron chi connectivity index (χ0n) is 7.53. The fourth-order valence-corrected chi connectivity index (χ4v) is 1.36. The lowest BCUT2D eigenvalue weighted by Gasteiger charge is -2.27. The summed E-state index contributed by atoms with van der Waals surface area (Å²) in [5.74, 6) is 0.538. The van der Waals surface area contributed by atoms with Crippen molar-refractivity contribution in [1.29, 1.82) is 0 Å². The molecule has 2 unspecified atom stereocenters. The highest BCUT2D eigenvalue weighted by atomic mass is 32.2. The molecular weight excluding hydrogens is 162 g/mol. The quantitative estimate of drug-likeness (QED) is 0.606. The summed E-state index contributed by atoms with van der Waals surface area (Å²) in [5.41, 5.74) is 0. The first-order chi connectivity index (χ1) is 4.95. The second-order valence-electron chi connectivity index (χ2n) is 3.24. The second-order valence-corrected chi connectivity index (χ2v) is 4.25. The lowest BCUT2D eigenvalue weighted by Crippen LogP contribution is -2.31. The molecule has 0 aliphatic rings. The Bertz CT molecular complexity index is 138. The largest absolute Gasteiger partial charge is 0.760 e. The SMILES string of the molecule is CC(C)CC(C)N(C)S(=O)[O-]. The molecule has 0 aromatic rings. The Balaban J connectivity index is 3.82. The maximum absolute atomic E-state index is 10.4. The van der Waals surface area contributed by atoms with Crippen LogP contribution in [-0.4, -0.2) is 26.2 Å². The van der Waals surface area contributed by atoms with Crippen molar-refractivity contribution in [3.8, 4) is 0 Å². The molecule has 3 nitrogen and oxygen atoms in total. The monoisotopic (exact) mass is 178 g/mol. The average molecular weight is 178 g/mol. The van der Waals surface area contributed by atoms with Gasteiger partial charge >= 0.3 is 0 Å². The Hall–Kier alpha value is 0.0700. The van der Waals surface area contributed by atoms with Crippen molar-refractivity contribution < 1.29 is 8.76 Å². The third kappa shape index (κ3) is 4.50. The molecule has 68 valence electrons. The zero-order valence-corrected chi connectivity index (χ0v) is 8.35. The molecule has 0 heterocycles. The van der Waals surface area contributed by atoms with Crippen molar-refractivity contribution in [3.05, 3.63) is 0 Å². The molecule has 0 amide bonds. The average Bonchev–Trinajstić information content (AvgIpc) is 1.84. The van der Waals surface area contributed by atoms with Gasteiger partial charge in [-0.3, -0.25) is 4.21 Å². The van der Waals surface area contributed by atoms with Crippen LogP contribution in [0.4, 0.5) is 0 Å². The highest BCUT2D eigenvalue weighted by Gasteiger charge is 2.10. The lowest BCUT2D eigenvalue weighted by molar-refractivity contribution is 0.326. The van der Waals surface area contributed by atoms with Gasteiger partial charge in [-0.05, 0) is 26.3 Å². The molecule has 0 fully saturated rings. The van der Waals surface area contributed by atoms with E-state index in [0.717, 1.165) is 6.42 Å². The molecule has 0 saturated carbocycles. The molecule has 0 saturated heterocycles. The predicted octanol–water partition coefficient (Wildman–Crippen LogP) is 1.15. The predicted molar refractivity (Wildman–Crippen MR) is 45.6 cm³/mol. The number of hydrogen-bond donors (Lipinski definition) is 0. The third-order valence-electron chi connectivity index (χ3n) is 1.67.